The summed E-state index contributed by atoms with van der Waals surface area (Å²) in [6.07, 6.45) is 4.69. The number of thioether (sulfide) groups is 1. The number of fused-ring (bicyclic) bond motifs is 1. The number of halogens is 1. The van der Waals surface area contributed by atoms with Gasteiger partial charge in [0.05, 0.1) is 11.2 Å². The highest BCUT2D eigenvalue weighted by Crippen LogP contribution is 2.24. The Morgan fingerprint density at radius 3 is 3.00 bits per heavy atom. The molecular formula is C12H16ClN3S. The third-order valence-electron chi connectivity index (χ3n) is 2.48. The molecule has 0 saturated heterocycles. The van der Waals surface area contributed by atoms with Crippen molar-refractivity contribution in [2.24, 2.45) is 0 Å². The summed E-state index contributed by atoms with van der Waals surface area (Å²) < 4.78 is 1.91. The molecule has 0 aliphatic rings. The molecule has 0 fully saturated rings. The number of hydrogen-bond donors (Lipinski definition) is 0. The van der Waals surface area contributed by atoms with E-state index < -0.39 is 0 Å². The zero-order valence-corrected chi connectivity index (χ0v) is 11.6. The molecule has 3 nitrogen and oxygen atoms in total. The molecule has 0 radical (unpaired) electrons. The van der Waals surface area contributed by atoms with E-state index in [-0.39, 0.29) is 0 Å². The summed E-state index contributed by atoms with van der Waals surface area (Å²) in [5.41, 5.74) is 2.20. The highest BCUT2D eigenvalue weighted by Gasteiger charge is 2.09. The molecule has 92 valence electrons. The molecule has 0 unspecified atom stereocenters. The van der Waals surface area contributed by atoms with Crippen molar-refractivity contribution in [3.63, 3.8) is 0 Å². The van der Waals surface area contributed by atoms with Gasteiger partial charge in [0.1, 0.15) is 5.03 Å². The van der Waals surface area contributed by atoms with Crippen LogP contribution in [-0.4, -0.2) is 26.2 Å². The molecule has 5 heteroatoms. The Kier molecular flexibility index (Phi) is 4.29. The Hall–Kier alpha value is -0.740. The predicted molar refractivity (Wildman–Crippen MR) is 73.1 cm³/mol. The van der Waals surface area contributed by atoms with Gasteiger partial charge in [-0.1, -0.05) is 13.8 Å². The van der Waals surface area contributed by atoms with Crippen LogP contribution in [0.5, 0.6) is 0 Å². The van der Waals surface area contributed by atoms with Gasteiger partial charge in [-0.15, -0.1) is 23.4 Å². The summed E-state index contributed by atoms with van der Waals surface area (Å²) in [6.45, 7) is 4.30. The van der Waals surface area contributed by atoms with E-state index in [9.17, 15) is 0 Å². The van der Waals surface area contributed by atoms with E-state index in [0.29, 0.717) is 11.8 Å². The van der Waals surface area contributed by atoms with E-state index in [1.54, 1.807) is 18.0 Å². The molecule has 17 heavy (non-hydrogen) atoms. The minimum Gasteiger partial charge on any atom is -0.246 e. The first-order valence-corrected chi connectivity index (χ1v) is 7.27. The van der Waals surface area contributed by atoms with Gasteiger partial charge in [0.25, 0.3) is 0 Å². The second-order valence-electron chi connectivity index (χ2n) is 4.18. The van der Waals surface area contributed by atoms with Gasteiger partial charge < -0.3 is 0 Å². The first kappa shape index (κ1) is 12.7. The fourth-order valence-corrected chi connectivity index (χ4v) is 2.74. The Bertz CT molecular complexity index is 495. The Morgan fingerprint density at radius 1 is 1.47 bits per heavy atom. The molecule has 2 aromatic heterocycles. The minimum absolute atomic E-state index is 0.440. The van der Waals surface area contributed by atoms with Crippen LogP contribution >= 0.6 is 23.4 Å². The van der Waals surface area contributed by atoms with Crippen molar-refractivity contribution in [3.05, 3.63) is 24.2 Å². The zero-order valence-electron chi connectivity index (χ0n) is 10.1. The maximum atomic E-state index is 5.68. The minimum atomic E-state index is 0.440. The molecule has 0 N–H and O–H groups in total. The van der Waals surface area contributed by atoms with E-state index >= 15 is 0 Å². The largest absolute Gasteiger partial charge is 0.246 e. The summed E-state index contributed by atoms with van der Waals surface area (Å²) in [6, 6.07) is 2.13. The predicted octanol–water partition coefficient (Wildman–Crippen LogP) is 3.57. The summed E-state index contributed by atoms with van der Waals surface area (Å²) in [7, 11) is 0. The van der Waals surface area contributed by atoms with Crippen molar-refractivity contribution in [1.82, 2.24) is 14.6 Å². The summed E-state index contributed by atoms with van der Waals surface area (Å²) >= 11 is 7.42. The fraction of sp³-hybridized carbons (Fsp3) is 0.500. The summed E-state index contributed by atoms with van der Waals surface area (Å²) in [5, 5.41) is 5.58. The number of rotatable bonds is 5. The molecular weight excluding hydrogens is 254 g/mol. The molecule has 0 saturated carbocycles. The number of hydrogen-bond acceptors (Lipinski definition) is 3. The monoisotopic (exact) mass is 269 g/mol. The molecule has 0 bridgehead atoms. The van der Waals surface area contributed by atoms with Crippen molar-refractivity contribution in [1.29, 1.82) is 0 Å². The third kappa shape index (κ3) is 2.93. The quantitative estimate of drug-likeness (QED) is 0.472. The lowest BCUT2D eigenvalue weighted by atomic mass is 10.1. The second kappa shape index (κ2) is 5.74. The average molecular weight is 270 g/mol. The van der Waals surface area contributed by atoms with Crippen molar-refractivity contribution < 1.29 is 0 Å². The SMILES string of the molecule is CC(C)c1cc2c(SCCCCl)nccn2n1. The van der Waals surface area contributed by atoms with Gasteiger partial charge in [-0.05, 0) is 18.4 Å². The molecule has 2 aromatic rings. The van der Waals surface area contributed by atoms with Crippen molar-refractivity contribution >= 4 is 28.9 Å². The molecule has 0 atom stereocenters. The van der Waals surface area contributed by atoms with E-state index in [1.165, 1.54) is 0 Å². The van der Waals surface area contributed by atoms with Crippen LogP contribution in [-0.2, 0) is 0 Å². The van der Waals surface area contributed by atoms with Gasteiger partial charge in [0.15, 0.2) is 0 Å². The molecule has 2 heterocycles. The Balaban J connectivity index is 2.29. The smallest absolute Gasteiger partial charge is 0.122 e. The van der Waals surface area contributed by atoms with E-state index in [4.69, 9.17) is 11.6 Å². The average Bonchev–Trinajstić information content (AvgIpc) is 2.74. The number of alkyl halides is 1. The molecule has 0 amide bonds. The highest BCUT2D eigenvalue weighted by atomic mass is 35.5. The van der Waals surface area contributed by atoms with Crippen molar-refractivity contribution in [2.75, 3.05) is 11.6 Å². The van der Waals surface area contributed by atoms with Crippen LogP contribution in [0.2, 0.25) is 0 Å². The van der Waals surface area contributed by atoms with E-state index in [1.807, 2.05) is 10.7 Å². The Labute approximate surface area is 111 Å². The lowest BCUT2D eigenvalue weighted by molar-refractivity contribution is 0.784. The van der Waals surface area contributed by atoms with Gasteiger partial charge in [-0.25, -0.2) is 9.50 Å². The third-order valence-corrected chi connectivity index (χ3v) is 3.83. The maximum Gasteiger partial charge on any atom is 0.122 e. The van der Waals surface area contributed by atoms with Crippen LogP contribution in [0, 0.1) is 0 Å². The lowest BCUT2D eigenvalue weighted by Gasteiger charge is -2.00. The fourth-order valence-electron chi connectivity index (χ4n) is 1.53. The van der Waals surface area contributed by atoms with Gasteiger partial charge >= 0.3 is 0 Å². The molecule has 0 aliphatic heterocycles. The molecule has 0 spiro atoms. The standard InChI is InChI=1S/C12H16ClN3S/c1-9(2)10-8-11-12(17-7-3-4-13)14-5-6-16(11)15-10/h5-6,8-9H,3-4,7H2,1-2H3. The molecule has 0 aromatic carbocycles. The zero-order chi connectivity index (χ0) is 12.3. The summed E-state index contributed by atoms with van der Waals surface area (Å²) in [4.78, 5) is 4.41. The second-order valence-corrected chi connectivity index (χ2v) is 5.64. The molecule has 0 aliphatic carbocycles. The normalized spacial score (nSPS) is 11.5. The molecule has 2 rings (SSSR count). The van der Waals surface area contributed by atoms with Gasteiger partial charge in [-0.2, -0.15) is 5.10 Å². The lowest BCUT2D eigenvalue weighted by Crippen LogP contribution is -1.93. The topological polar surface area (TPSA) is 30.2 Å². The maximum absolute atomic E-state index is 5.68. The summed E-state index contributed by atoms with van der Waals surface area (Å²) in [5.74, 6) is 2.14. The van der Waals surface area contributed by atoms with Crippen LogP contribution in [0.4, 0.5) is 0 Å². The van der Waals surface area contributed by atoms with Gasteiger partial charge in [-0.3, -0.25) is 0 Å². The van der Waals surface area contributed by atoms with Crippen LogP contribution in [0.15, 0.2) is 23.5 Å². The number of aromatic nitrogens is 3. The first-order chi connectivity index (χ1) is 8.22. The Morgan fingerprint density at radius 2 is 2.29 bits per heavy atom. The van der Waals surface area contributed by atoms with Gasteiger partial charge in [0.2, 0.25) is 0 Å². The van der Waals surface area contributed by atoms with E-state index in [0.717, 1.165) is 28.4 Å². The van der Waals surface area contributed by atoms with Crippen molar-refractivity contribution in [3.8, 4) is 0 Å². The highest BCUT2D eigenvalue weighted by molar-refractivity contribution is 7.99. The first-order valence-electron chi connectivity index (χ1n) is 5.75. The van der Waals surface area contributed by atoms with Gasteiger partial charge in [0, 0.05) is 24.0 Å². The van der Waals surface area contributed by atoms with Crippen LogP contribution in [0.3, 0.4) is 0 Å². The van der Waals surface area contributed by atoms with Crippen LogP contribution in [0.1, 0.15) is 31.9 Å². The van der Waals surface area contributed by atoms with Crippen molar-refractivity contribution in [2.45, 2.75) is 31.2 Å². The van der Waals surface area contributed by atoms with Crippen LogP contribution in [0.25, 0.3) is 5.52 Å². The number of nitrogens with zero attached hydrogens (tertiary/aromatic N) is 3. The van der Waals surface area contributed by atoms with E-state index in [2.05, 4.69) is 30.0 Å². The van der Waals surface area contributed by atoms with Crippen LogP contribution < -0.4 is 0 Å².